The molecule has 0 radical (unpaired) electrons. The average molecular weight is 502 g/mol. The Morgan fingerprint density at radius 1 is 1.03 bits per heavy atom. The molecule has 0 aliphatic heterocycles. The molecule has 0 unspecified atom stereocenters. The zero-order chi connectivity index (χ0) is 23.9. The van der Waals surface area contributed by atoms with Gasteiger partial charge < -0.3 is 29.0 Å². The zero-order valence-corrected chi connectivity index (χ0v) is 20.5. The number of likely N-dealkylation sites (N-methyl/N-ethyl adjacent to an activating group) is 1. The summed E-state index contributed by atoms with van der Waals surface area (Å²) in [6.45, 7) is 0.984. The van der Waals surface area contributed by atoms with Crippen LogP contribution in [0.5, 0.6) is 17.2 Å². The quantitative estimate of drug-likeness (QED) is 0.384. The lowest BCUT2D eigenvalue weighted by Crippen LogP contribution is -2.22. The van der Waals surface area contributed by atoms with Crippen LogP contribution in [0.15, 0.2) is 48.5 Å². The summed E-state index contributed by atoms with van der Waals surface area (Å²) >= 11 is 5.72. The molecule has 0 aliphatic rings. The fraction of sp³-hybridized carbons (Fsp3) is 0.304. The van der Waals surface area contributed by atoms with Gasteiger partial charge in [0, 0.05) is 17.6 Å². The smallest absolute Gasteiger partial charge is 0.344 e. The van der Waals surface area contributed by atoms with Gasteiger partial charge >= 0.3 is 11.9 Å². The van der Waals surface area contributed by atoms with Gasteiger partial charge in [0.05, 0.1) is 14.2 Å². The zero-order valence-electron chi connectivity index (χ0n) is 18.9. The fourth-order valence-corrected chi connectivity index (χ4v) is 2.31. The highest BCUT2D eigenvalue weighted by Crippen LogP contribution is 2.27. The van der Waals surface area contributed by atoms with Gasteiger partial charge in [-0.1, -0.05) is 17.7 Å². The van der Waals surface area contributed by atoms with Crippen molar-refractivity contribution in [3.8, 4) is 17.2 Å². The molecule has 8 nitrogen and oxygen atoms in total. The normalized spacial score (nSPS) is 10.0. The SMILES string of the molecule is CN(C)CCOC(=O)COc1ccc(Cl)cc1.COc1ccc(C=CC(=O)O)cc1OC.Cl. The Morgan fingerprint density at radius 2 is 1.67 bits per heavy atom. The van der Waals surface area contributed by atoms with Gasteiger partial charge in [0.25, 0.3) is 0 Å². The van der Waals surface area contributed by atoms with Crippen LogP contribution in [0.3, 0.4) is 0 Å². The van der Waals surface area contributed by atoms with Gasteiger partial charge in [-0.05, 0) is 62.1 Å². The number of halogens is 2. The number of rotatable bonds is 10. The maximum Gasteiger partial charge on any atom is 0.344 e. The highest BCUT2D eigenvalue weighted by molar-refractivity contribution is 6.30. The molecule has 182 valence electrons. The van der Waals surface area contributed by atoms with E-state index in [4.69, 9.17) is 35.7 Å². The molecule has 0 spiro atoms. The number of aliphatic carboxylic acids is 1. The molecule has 2 aromatic rings. The standard InChI is InChI=1S/C12H16ClNO3.C11H12O4.ClH/c1-14(2)7-8-16-12(15)9-17-11-5-3-10(13)4-6-11;1-14-9-5-3-8(4-6-11(12)13)7-10(9)15-2;/h3-6H,7-9H2,1-2H3;3-7H,1-2H3,(H,12,13);1H. The first kappa shape index (κ1) is 30.1. The number of ether oxygens (including phenoxy) is 4. The van der Waals surface area contributed by atoms with Crippen LogP contribution in [0.25, 0.3) is 6.08 Å². The summed E-state index contributed by atoms with van der Waals surface area (Å²) in [5.74, 6) is 0.431. The third-order valence-corrected chi connectivity index (χ3v) is 4.05. The van der Waals surface area contributed by atoms with Gasteiger partial charge in [0.2, 0.25) is 0 Å². The molecule has 0 saturated heterocycles. The number of benzene rings is 2. The number of nitrogens with zero attached hydrogens (tertiary/aromatic N) is 1. The van der Waals surface area contributed by atoms with E-state index in [0.29, 0.717) is 35.4 Å². The van der Waals surface area contributed by atoms with E-state index in [9.17, 15) is 9.59 Å². The molecule has 0 aromatic heterocycles. The topological polar surface area (TPSA) is 94.5 Å². The molecule has 0 saturated carbocycles. The number of hydrogen-bond donors (Lipinski definition) is 1. The summed E-state index contributed by atoms with van der Waals surface area (Å²) < 4.78 is 20.3. The number of carbonyl (C=O) groups excluding carboxylic acids is 1. The van der Waals surface area contributed by atoms with Crippen molar-refractivity contribution >= 4 is 42.0 Å². The molecule has 0 heterocycles. The van der Waals surface area contributed by atoms with Crippen LogP contribution >= 0.6 is 24.0 Å². The molecule has 0 fully saturated rings. The minimum atomic E-state index is -0.982. The molecule has 2 aromatic carbocycles. The first-order chi connectivity index (χ1) is 15.2. The lowest BCUT2D eigenvalue weighted by Gasteiger charge is -2.10. The minimum absolute atomic E-state index is 0. The van der Waals surface area contributed by atoms with Crippen LogP contribution in [-0.2, 0) is 14.3 Å². The van der Waals surface area contributed by atoms with E-state index >= 15 is 0 Å². The second-order valence-corrected chi connectivity index (χ2v) is 6.99. The Morgan fingerprint density at radius 3 is 2.21 bits per heavy atom. The van der Waals surface area contributed by atoms with Gasteiger partial charge in [-0.2, -0.15) is 0 Å². The summed E-state index contributed by atoms with van der Waals surface area (Å²) in [7, 11) is 6.91. The summed E-state index contributed by atoms with van der Waals surface area (Å²) in [6.07, 6.45) is 2.56. The van der Waals surface area contributed by atoms with Gasteiger partial charge in [-0.3, -0.25) is 0 Å². The third-order valence-electron chi connectivity index (χ3n) is 3.80. The molecule has 0 amide bonds. The van der Waals surface area contributed by atoms with Crippen molar-refractivity contribution in [3.05, 3.63) is 59.1 Å². The minimum Gasteiger partial charge on any atom is -0.493 e. The number of carboxylic acids is 1. The van der Waals surface area contributed by atoms with Crippen molar-refractivity contribution < 1.29 is 33.6 Å². The van der Waals surface area contributed by atoms with Gasteiger partial charge in [0.1, 0.15) is 12.4 Å². The van der Waals surface area contributed by atoms with Crippen molar-refractivity contribution in [2.45, 2.75) is 0 Å². The van der Waals surface area contributed by atoms with Crippen molar-refractivity contribution in [2.24, 2.45) is 0 Å². The fourth-order valence-electron chi connectivity index (χ4n) is 2.18. The molecule has 0 aliphatic carbocycles. The van der Waals surface area contributed by atoms with Gasteiger partial charge in [-0.25, -0.2) is 9.59 Å². The summed E-state index contributed by atoms with van der Waals surface area (Å²) in [4.78, 5) is 23.5. The van der Waals surface area contributed by atoms with E-state index in [1.165, 1.54) is 13.2 Å². The van der Waals surface area contributed by atoms with E-state index in [0.717, 1.165) is 11.6 Å². The molecule has 0 bridgehead atoms. The predicted molar refractivity (Wildman–Crippen MR) is 130 cm³/mol. The Bertz CT molecular complexity index is 887. The third kappa shape index (κ3) is 13.3. The second kappa shape index (κ2) is 16.7. The Kier molecular flexibility index (Phi) is 15.2. The Balaban J connectivity index is 0.000000607. The van der Waals surface area contributed by atoms with Crippen molar-refractivity contribution in [2.75, 3.05) is 48.1 Å². The van der Waals surface area contributed by atoms with E-state index in [2.05, 4.69) is 0 Å². The van der Waals surface area contributed by atoms with Crippen LogP contribution in [0, 0.1) is 0 Å². The monoisotopic (exact) mass is 501 g/mol. The largest absolute Gasteiger partial charge is 0.493 e. The van der Waals surface area contributed by atoms with E-state index in [1.807, 2.05) is 19.0 Å². The van der Waals surface area contributed by atoms with Crippen molar-refractivity contribution in [3.63, 3.8) is 0 Å². The first-order valence-corrected chi connectivity index (χ1v) is 9.94. The maximum absolute atomic E-state index is 11.3. The van der Waals surface area contributed by atoms with Crippen LogP contribution in [0.2, 0.25) is 5.02 Å². The molecule has 10 heteroatoms. The van der Waals surface area contributed by atoms with Crippen molar-refractivity contribution in [1.82, 2.24) is 4.90 Å². The highest BCUT2D eigenvalue weighted by atomic mass is 35.5. The van der Waals surface area contributed by atoms with Crippen LogP contribution in [0.1, 0.15) is 5.56 Å². The molecule has 33 heavy (non-hydrogen) atoms. The van der Waals surface area contributed by atoms with Crippen LogP contribution in [0.4, 0.5) is 0 Å². The molecule has 0 atom stereocenters. The summed E-state index contributed by atoms with van der Waals surface area (Å²) in [6, 6.07) is 12.0. The second-order valence-electron chi connectivity index (χ2n) is 6.55. The number of esters is 1. The summed E-state index contributed by atoms with van der Waals surface area (Å²) in [5.41, 5.74) is 0.745. The van der Waals surface area contributed by atoms with Crippen LogP contribution < -0.4 is 14.2 Å². The Hall–Kier alpha value is -2.94. The van der Waals surface area contributed by atoms with E-state index < -0.39 is 5.97 Å². The van der Waals surface area contributed by atoms with Crippen LogP contribution in [-0.4, -0.2) is 70.0 Å². The molecule has 2 rings (SSSR count). The van der Waals surface area contributed by atoms with Gasteiger partial charge in [-0.15, -0.1) is 12.4 Å². The number of hydrogen-bond acceptors (Lipinski definition) is 7. The van der Waals surface area contributed by atoms with Gasteiger partial charge in [0.15, 0.2) is 18.1 Å². The lowest BCUT2D eigenvalue weighted by atomic mass is 10.2. The maximum atomic E-state index is 11.3. The first-order valence-electron chi connectivity index (χ1n) is 9.57. The lowest BCUT2D eigenvalue weighted by molar-refractivity contribution is -0.146. The van der Waals surface area contributed by atoms with Crippen molar-refractivity contribution in [1.29, 1.82) is 0 Å². The number of methoxy groups -OCH3 is 2. The molecule has 1 N–H and O–H groups in total. The number of carbonyl (C=O) groups is 2. The molecular formula is C23H29Cl2NO7. The summed E-state index contributed by atoms with van der Waals surface area (Å²) in [5, 5.41) is 9.09. The van der Waals surface area contributed by atoms with E-state index in [-0.39, 0.29) is 25.0 Å². The molecular weight excluding hydrogens is 473 g/mol. The van der Waals surface area contributed by atoms with E-state index in [1.54, 1.807) is 49.6 Å². The number of carboxylic acid groups (broad SMARTS) is 1. The Labute approximate surface area is 205 Å². The predicted octanol–water partition coefficient (Wildman–Crippen LogP) is 4.05. The average Bonchev–Trinajstić information content (AvgIpc) is 2.77. The highest BCUT2D eigenvalue weighted by Gasteiger charge is 2.04.